The van der Waals surface area contributed by atoms with E-state index in [9.17, 15) is 22.8 Å². The van der Waals surface area contributed by atoms with E-state index in [1.54, 1.807) is 4.90 Å². The zero-order valence-electron chi connectivity index (χ0n) is 25.2. The third-order valence-corrected chi connectivity index (χ3v) is 9.84. The Morgan fingerprint density at radius 1 is 1.20 bits per heavy atom. The first-order valence-corrected chi connectivity index (χ1v) is 15.2. The van der Waals surface area contributed by atoms with Crippen LogP contribution in [0.5, 0.6) is 5.75 Å². The van der Waals surface area contributed by atoms with E-state index in [1.165, 1.54) is 24.6 Å². The molecule has 1 amide bonds. The van der Waals surface area contributed by atoms with Gasteiger partial charge in [0.15, 0.2) is 0 Å². The highest BCUT2D eigenvalue weighted by atomic mass is 19.4. The van der Waals surface area contributed by atoms with E-state index in [4.69, 9.17) is 9.47 Å². The third-order valence-electron chi connectivity index (χ3n) is 9.84. The average Bonchev–Trinajstić information content (AvgIpc) is 3.30. The van der Waals surface area contributed by atoms with Crippen LogP contribution in [-0.4, -0.2) is 65.1 Å². The summed E-state index contributed by atoms with van der Waals surface area (Å²) in [4.78, 5) is 30.8. The van der Waals surface area contributed by atoms with E-state index in [0.717, 1.165) is 36.4 Å². The van der Waals surface area contributed by atoms with Crippen LogP contribution in [-0.2, 0) is 32.3 Å². The summed E-state index contributed by atoms with van der Waals surface area (Å²) in [6.07, 6.45) is -0.513. The molecule has 2 aromatic rings. The lowest BCUT2D eigenvalue weighted by atomic mass is 9.48. The molecule has 4 aliphatic rings. The predicted octanol–water partition coefficient (Wildman–Crippen LogP) is 5.52. The number of amides is 1. The number of likely N-dealkylation sites (tertiary alicyclic amines) is 1. The van der Waals surface area contributed by atoms with E-state index in [1.807, 2.05) is 32.1 Å². The summed E-state index contributed by atoms with van der Waals surface area (Å²) < 4.78 is 52.4. The summed E-state index contributed by atoms with van der Waals surface area (Å²) in [6, 6.07) is 10.2. The molecule has 2 heterocycles. The van der Waals surface area contributed by atoms with Crippen molar-refractivity contribution in [2.45, 2.75) is 81.8 Å². The second-order valence-corrected chi connectivity index (χ2v) is 12.8. The van der Waals surface area contributed by atoms with Gasteiger partial charge in [-0.25, -0.2) is 0 Å². The van der Waals surface area contributed by atoms with Crippen molar-refractivity contribution in [2.24, 2.45) is 5.92 Å². The van der Waals surface area contributed by atoms with Gasteiger partial charge in [-0.15, -0.1) is 6.58 Å². The lowest BCUT2D eigenvalue weighted by Gasteiger charge is -2.65. The molecule has 44 heavy (non-hydrogen) atoms. The molecule has 5 atom stereocenters. The van der Waals surface area contributed by atoms with Gasteiger partial charge < -0.3 is 14.4 Å². The van der Waals surface area contributed by atoms with Crippen molar-refractivity contribution in [3.05, 3.63) is 77.4 Å². The normalized spacial score (nSPS) is 28.3. The molecule has 1 saturated heterocycles. The van der Waals surface area contributed by atoms with Crippen LogP contribution in [0, 0.1) is 17.8 Å². The van der Waals surface area contributed by atoms with Crippen molar-refractivity contribution in [3.8, 4) is 17.6 Å². The van der Waals surface area contributed by atoms with E-state index in [2.05, 4.69) is 29.4 Å². The fourth-order valence-corrected chi connectivity index (χ4v) is 8.42. The number of halogens is 3. The second-order valence-electron chi connectivity index (χ2n) is 12.8. The third kappa shape index (κ3) is 4.70. The monoisotopic (exact) mass is 606 g/mol. The molecular weight excluding hydrogens is 569 g/mol. The SMILES string of the molecule is C=CCN1CC[C@]23c4c5cccc4O[C@H]2[C@H](N(CC(C)C)C(=O)C#Cc2ccc(C(F)(F)F)cc2)CC[C@@]3(OC(C)=O)[C@H]1C5. The van der Waals surface area contributed by atoms with Gasteiger partial charge in [-0.2, -0.15) is 13.2 Å². The highest BCUT2D eigenvalue weighted by Gasteiger charge is 2.75. The van der Waals surface area contributed by atoms with Crippen molar-refractivity contribution < 1.29 is 32.2 Å². The van der Waals surface area contributed by atoms with E-state index in [-0.39, 0.29) is 24.0 Å². The van der Waals surface area contributed by atoms with Gasteiger partial charge in [-0.05, 0) is 67.5 Å². The maximum Gasteiger partial charge on any atom is 0.416 e. The van der Waals surface area contributed by atoms with Gasteiger partial charge in [0, 0.05) is 43.6 Å². The molecule has 0 N–H and O–H groups in total. The van der Waals surface area contributed by atoms with Gasteiger partial charge in [-0.3, -0.25) is 14.5 Å². The summed E-state index contributed by atoms with van der Waals surface area (Å²) in [5.41, 5.74) is 0.347. The lowest BCUT2D eigenvalue weighted by molar-refractivity contribution is -0.223. The summed E-state index contributed by atoms with van der Waals surface area (Å²) in [5, 5.41) is 0. The maximum atomic E-state index is 13.9. The molecule has 2 aromatic carbocycles. The largest absolute Gasteiger partial charge is 0.487 e. The van der Waals surface area contributed by atoms with Gasteiger partial charge >= 0.3 is 12.1 Å². The molecule has 2 aliphatic heterocycles. The number of hydrogen-bond donors (Lipinski definition) is 0. The minimum atomic E-state index is -4.45. The van der Waals surface area contributed by atoms with Crippen LogP contribution in [0.3, 0.4) is 0 Å². The Labute approximate surface area is 256 Å². The van der Waals surface area contributed by atoms with Crippen molar-refractivity contribution in [1.82, 2.24) is 9.80 Å². The van der Waals surface area contributed by atoms with Crippen LogP contribution in [0.1, 0.15) is 62.3 Å². The summed E-state index contributed by atoms with van der Waals surface area (Å²) in [5.74, 6) is 5.65. The molecular formula is C35H37F3N2O4. The molecule has 232 valence electrons. The predicted molar refractivity (Wildman–Crippen MR) is 159 cm³/mol. The van der Waals surface area contributed by atoms with Crippen molar-refractivity contribution in [2.75, 3.05) is 19.6 Å². The number of alkyl halides is 3. The summed E-state index contributed by atoms with van der Waals surface area (Å²) >= 11 is 0. The number of rotatable bonds is 6. The molecule has 0 unspecified atom stereocenters. The Hall–Kier alpha value is -3.77. The Kier molecular flexibility index (Phi) is 7.56. The number of ether oxygens (including phenoxy) is 2. The standard InChI is InChI=1S/C35H37F3N2O4/c1-5-18-39-19-17-33-31-25-7-6-8-28(31)43-32(33)27(15-16-34(33,29(39)20-25)44-23(4)41)40(21-22(2)3)30(42)14-11-24-9-12-26(13-10-24)35(36,37)38/h5-10,12-13,22,27,29,32H,1,15-21H2,2-4H3/t27-,29-,32+,33+,34-/m1/s1. The molecule has 1 spiro atoms. The molecule has 2 fully saturated rings. The molecule has 9 heteroatoms. The number of benzene rings is 2. The quantitative estimate of drug-likeness (QED) is 0.246. The van der Waals surface area contributed by atoms with E-state index >= 15 is 0 Å². The number of esters is 1. The molecule has 6 nitrogen and oxygen atoms in total. The van der Waals surface area contributed by atoms with Gasteiger partial charge in [-0.1, -0.05) is 38.0 Å². The Morgan fingerprint density at radius 2 is 1.95 bits per heavy atom. The van der Waals surface area contributed by atoms with Crippen LogP contribution in [0.2, 0.25) is 0 Å². The number of carbonyl (C=O) groups is 2. The fourth-order valence-electron chi connectivity index (χ4n) is 8.42. The topological polar surface area (TPSA) is 59.1 Å². The highest BCUT2D eigenvalue weighted by molar-refractivity contribution is 5.94. The minimum absolute atomic E-state index is 0.0697. The molecule has 0 radical (unpaired) electrons. The molecule has 2 aliphatic carbocycles. The Morgan fingerprint density at radius 3 is 2.61 bits per heavy atom. The highest BCUT2D eigenvalue weighted by Crippen LogP contribution is 2.65. The van der Waals surface area contributed by atoms with Gasteiger partial charge in [0.1, 0.15) is 17.5 Å². The zero-order chi connectivity index (χ0) is 31.4. The summed E-state index contributed by atoms with van der Waals surface area (Å²) in [6.45, 7) is 11.4. The molecule has 0 aromatic heterocycles. The lowest BCUT2D eigenvalue weighted by Crippen LogP contribution is -2.79. The van der Waals surface area contributed by atoms with Gasteiger partial charge in [0.05, 0.1) is 23.1 Å². The first-order chi connectivity index (χ1) is 20.9. The zero-order valence-corrected chi connectivity index (χ0v) is 25.2. The van der Waals surface area contributed by atoms with Gasteiger partial charge in [0.25, 0.3) is 5.91 Å². The Balaban J connectivity index is 1.41. The minimum Gasteiger partial charge on any atom is -0.487 e. The van der Waals surface area contributed by atoms with Crippen molar-refractivity contribution in [1.29, 1.82) is 0 Å². The van der Waals surface area contributed by atoms with Crippen LogP contribution >= 0.6 is 0 Å². The maximum absolute atomic E-state index is 13.9. The summed E-state index contributed by atoms with van der Waals surface area (Å²) in [7, 11) is 0. The number of nitrogens with zero attached hydrogens (tertiary/aromatic N) is 2. The average molecular weight is 607 g/mol. The van der Waals surface area contributed by atoms with Gasteiger partial charge in [0.2, 0.25) is 0 Å². The number of hydrogen-bond acceptors (Lipinski definition) is 5. The smallest absolute Gasteiger partial charge is 0.416 e. The van der Waals surface area contributed by atoms with Crippen LogP contribution in [0.25, 0.3) is 0 Å². The van der Waals surface area contributed by atoms with Crippen LogP contribution < -0.4 is 4.74 Å². The fraction of sp³-hybridized carbons (Fsp3) is 0.486. The first-order valence-electron chi connectivity index (χ1n) is 15.2. The number of carbonyl (C=O) groups excluding carboxylic acids is 2. The number of piperidine rings is 1. The van der Waals surface area contributed by atoms with Crippen molar-refractivity contribution in [3.63, 3.8) is 0 Å². The molecule has 1 saturated carbocycles. The van der Waals surface area contributed by atoms with E-state index in [0.29, 0.717) is 37.9 Å². The van der Waals surface area contributed by atoms with Crippen LogP contribution in [0.15, 0.2) is 55.1 Å². The molecule has 6 rings (SSSR count). The second kappa shape index (κ2) is 11.0. The first kappa shape index (κ1) is 30.3. The molecule has 2 bridgehead atoms. The Bertz CT molecular complexity index is 1540. The van der Waals surface area contributed by atoms with E-state index < -0.39 is 34.8 Å². The van der Waals surface area contributed by atoms with Crippen molar-refractivity contribution >= 4 is 11.9 Å². The van der Waals surface area contributed by atoms with Crippen LogP contribution in [0.4, 0.5) is 13.2 Å².